The van der Waals surface area contributed by atoms with Crippen molar-refractivity contribution in [2.45, 2.75) is 19.4 Å². The van der Waals surface area contributed by atoms with E-state index in [1.165, 1.54) is 0 Å². The normalized spacial score (nSPS) is 11.9. The van der Waals surface area contributed by atoms with Crippen LogP contribution in [0.5, 0.6) is 5.75 Å². The van der Waals surface area contributed by atoms with Gasteiger partial charge in [0.1, 0.15) is 5.75 Å². The molecule has 6 nitrogen and oxygen atoms in total. The fourth-order valence-corrected chi connectivity index (χ4v) is 1.98. The number of urea groups is 1. The summed E-state index contributed by atoms with van der Waals surface area (Å²) in [5.41, 5.74) is 2.03. The fraction of sp³-hybridized carbons (Fsp3) is 0.333. The highest BCUT2D eigenvalue weighted by atomic mass is 16.3. The van der Waals surface area contributed by atoms with Gasteiger partial charge in [-0.2, -0.15) is 5.10 Å². The summed E-state index contributed by atoms with van der Waals surface area (Å²) in [7, 11) is 1.84. The van der Waals surface area contributed by atoms with Crippen LogP contribution in [-0.4, -0.2) is 27.5 Å². The van der Waals surface area contributed by atoms with Gasteiger partial charge in [0.25, 0.3) is 0 Å². The van der Waals surface area contributed by atoms with Crippen LogP contribution < -0.4 is 10.6 Å². The van der Waals surface area contributed by atoms with Crippen LogP contribution in [0.25, 0.3) is 0 Å². The third-order valence-electron chi connectivity index (χ3n) is 3.21. The smallest absolute Gasteiger partial charge is 0.315 e. The van der Waals surface area contributed by atoms with E-state index in [0.717, 1.165) is 17.5 Å². The Hall–Kier alpha value is -2.50. The first-order valence-corrected chi connectivity index (χ1v) is 6.85. The molecular weight excluding hydrogens is 268 g/mol. The topological polar surface area (TPSA) is 79.2 Å². The Morgan fingerprint density at radius 3 is 2.71 bits per heavy atom. The predicted octanol–water partition coefficient (Wildman–Crippen LogP) is 1.73. The van der Waals surface area contributed by atoms with Gasteiger partial charge in [-0.1, -0.05) is 12.1 Å². The van der Waals surface area contributed by atoms with Crippen LogP contribution in [0, 0.1) is 0 Å². The number of hydrogen-bond donors (Lipinski definition) is 3. The standard InChI is InChI=1S/C15H20N4O2/c1-11(13-9-17-19(2)10-13)18-15(21)16-8-7-12-3-5-14(20)6-4-12/h3-6,9-11,20H,7-8H2,1-2H3,(H2,16,18,21)/t11-/m0/s1. The third kappa shape index (κ3) is 4.52. The van der Waals surface area contributed by atoms with Crippen LogP contribution in [0.1, 0.15) is 24.1 Å². The summed E-state index contributed by atoms with van der Waals surface area (Å²) in [5, 5.41) is 18.9. The minimum atomic E-state index is -0.204. The number of rotatable bonds is 5. The summed E-state index contributed by atoms with van der Waals surface area (Å²) in [6.07, 6.45) is 4.33. The van der Waals surface area contributed by atoms with E-state index in [4.69, 9.17) is 0 Å². The van der Waals surface area contributed by atoms with Crippen molar-refractivity contribution in [2.75, 3.05) is 6.54 Å². The average Bonchev–Trinajstić information content (AvgIpc) is 2.88. The number of phenols is 1. The van der Waals surface area contributed by atoms with E-state index < -0.39 is 0 Å². The summed E-state index contributed by atoms with van der Waals surface area (Å²) in [6.45, 7) is 2.45. The van der Waals surface area contributed by atoms with E-state index in [9.17, 15) is 9.90 Å². The van der Waals surface area contributed by atoms with Crippen molar-refractivity contribution in [1.82, 2.24) is 20.4 Å². The number of nitrogens with zero attached hydrogens (tertiary/aromatic N) is 2. The van der Waals surface area contributed by atoms with Crippen molar-refractivity contribution in [1.29, 1.82) is 0 Å². The van der Waals surface area contributed by atoms with Gasteiger partial charge in [0.2, 0.25) is 0 Å². The molecule has 0 fully saturated rings. The molecule has 1 aromatic carbocycles. The molecule has 21 heavy (non-hydrogen) atoms. The molecule has 1 aromatic heterocycles. The predicted molar refractivity (Wildman–Crippen MR) is 80.0 cm³/mol. The molecule has 0 unspecified atom stereocenters. The lowest BCUT2D eigenvalue weighted by Crippen LogP contribution is -2.37. The number of aromatic nitrogens is 2. The number of benzene rings is 1. The second-order valence-electron chi connectivity index (χ2n) is 4.99. The van der Waals surface area contributed by atoms with Crippen molar-refractivity contribution in [3.05, 3.63) is 47.8 Å². The molecular formula is C15H20N4O2. The Morgan fingerprint density at radius 1 is 1.38 bits per heavy atom. The lowest BCUT2D eigenvalue weighted by atomic mass is 10.1. The van der Waals surface area contributed by atoms with E-state index in [1.54, 1.807) is 23.0 Å². The number of phenolic OH excluding ortho intramolecular Hbond substituents is 1. The second-order valence-corrected chi connectivity index (χ2v) is 4.99. The van der Waals surface area contributed by atoms with Gasteiger partial charge in [-0.25, -0.2) is 4.79 Å². The third-order valence-corrected chi connectivity index (χ3v) is 3.21. The molecule has 1 heterocycles. The molecule has 6 heteroatoms. The molecule has 2 amide bonds. The first-order chi connectivity index (χ1) is 10.0. The molecule has 2 aromatic rings. The monoisotopic (exact) mass is 288 g/mol. The van der Waals surface area contributed by atoms with Gasteiger partial charge in [-0.05, 0) is 31.0 Å². The molecule has 0 aliphatic rings. The molecule has 112 valence electrons. The Labute approximate surface area is 123 Å². The minimum absolute atomic E-state index is 0.0904. The highest BCUT2D eigenvalue weighted by Gasteiger charge is 2.10. The number of carbonyl (C=O) groups is 1. The molecule has 2 rings (SSSR count). The van der Waals surface area contributed by atoms with Crippen LogP contribution in [0.2, 0.25) is 0 Å². The number of aromatic hydroxyl groups is 1. The zero-order valence-electron chi connectivity index (χ0n) is 12.2. The zero-order valence-corrected chi connectivity index (χ0v) is 12.2. The van der Waals surface area contributed by atoms with Crippen LogP contribution in [0.3, 0.4) is 0 Å². The lowest BCUT2D eigenvalue weighted by molar-refractivity contribution is 0.238. The van der Waals surface area contributed by atoms with E-state index in [0.29, 0.717) is 6.54 Å². The summed E-state index contributed by atoms with van der Waals surface area (Å²) in [5.74, 6) is 0.245. The van der Waals surface area contributed by atoms with Crippen LogP contribution in [-0.2, 0) is 13.5 Å². The molecule has 0 spiro atoms. The largest absolute Gasteiger partial charge is 0.508 e. The molecule has 1 atom stereocenters. The van der Waals surface area contributed by atoms with E-state index in [-0.39, 0.29) is 17.8 Å². The Bertz CT molecular complexity index is 592. The van der Waals surface area contributed by atoms with Gasteiger partial charge < -0.3 is 15.7 Å². The molecule has 0 bridgehead atoms. The van der Waals surface area contributed by atoms with Crippen molar-refractivity contribution in [3.8, 4) is 5.75 Å². The van der Waals surface area contributed by atoms with Gasteiger partial charge >= 0.3 is 6.03 Å². The Balaban J connectivity index is 1.73. The Kier molecular flexibility index (Phi) is 4.81. The summed E-state index contributed by atoms with van der Waals surface area (Å²) in [6, 6.07) is 6.66. The van der Waals surface area contributed by atoms with Crippen molar-refractivity contribution in [3.63, 3.8) is 0 Å². The van der Waals surface area contributed by atoms with Gasteiger partial charge in [-0.15, -0.1) is 0 Å². The molecule has 0 saturated heterocycles. The first kappa shape index (κ1) is 14.9. The highest BCUT2D eigenvalue weighted by molar-refractivity contribution is 5.74. The Morgan fingerprint density at radius 2 is 2.10 bits per heavy atom. The van der Waals surface area contributed by atoms with Crippen LogP contribution in [0.4, 0.5) is 4.79 Å². The molecule has 0 saturated carbocycles. The molecule has 0 radical (unpaired) electrons. The second kappa shape index (κ2) is 6.78. The number of hydrogen-bond acceptors (Lipinski definition) is 3. The maximum absolute atomic E-state index is 11.8. The van der Waals surface area contributed by atoms with Crippen molar-refractivity contribution < 1.29 is 9.90 Å². The molecule has 0 aliphatic heterocycles. The summed E-state index contributed by atoms with van der Waals surface area (Å²) in [4.78, 5) is 11.8. The van der Waals surface area contributed by atoms with E-state index in [1.807, 2.05) is 32.3 Å². The molecule has 3 N–H and O–H groups in total. The summed E-state index contributed by atoms with van der Waals surface area (Å²) < 4.78 is 1.70. The SMILES string of the molecule is C[C@H](NC(=O)NCCc1ccc(O)cc1)c1cnn(C)c1. The van der Waals surface area contributed by atoms with Crippen molar-refractivity contribution >= 4 is 6.03 Å². The average molecular weight is 288 g/mol. The van der Waals surface area contributed by atoms with Crippen LogP contribution >= 0.6 is 0 Å². The maximum Gasteiger partial charge on any atom is 0.315 e. The quantitative estimate of drug-likeness (QED) is 0.784. The first-order valence-electron chi connectivity index (χ1n) is 6.85. The highest BCUT2D eigenvalue weighted by Crippen LogP contribution is 2.10. The number of aryl methyl sites for hydroxylation is 1. The number of carbonyl (C=O) groups excluding carboxylic acids is 1. The number of amides is 2. The zero-order chi connectivity index (χ0) is 15.2. The van der Waals surface area contributed by atoms with Crippen molar-refractivity contribution in [2.24, 2.45) is 7.05 Å². The minimum Gasteiger partial charge on any atom is -0.508 e. The summed E-state index contributed by atoms with van der Waals surface area (Å²) >= 11 is 0. The van der Waals surface area contributed by atoms with Crippen LogP contribution in [0.15, 0.2) is 36.7 Å². The van der Waals surface area contributed by atoms with E-state index >= 15 is 0 Å². The van der Waals surface area contributed by atoms with Gasteiger partial charge in [0.05, 0.1) is 12.2 Å². The maximum atomic E-state index is 11.8. The number of nitrogens with one attached hydrogen (secondary N) is 2. The van der Waals surface area contributed by atoms with E-state index in [2.05, 4.69) is 15.7 Å². The lowest BCUT2D eigenvalue weighted by Gasteiger charge is -2.13. The van der Waals surface area contributed by atoms with Gasteiger partial charge in [-0.3, -0.25) is 4.68 Å². The van der Waals surface area contributed by atoms with Gasteiger partial charge in [0, 0.05) is 25.4 Å². The fourth-order valence-electron chi connectivity index (χ4n) is 1.98. The van der Waals surface area contributed by atoms with Gasteiger partial charge in [0.15, 0.2) is 0 Å². The molecule has 0 aliphatic carbocycles.